The lowest BCUT2D eigenvalue weighted by molar-refractivity contribution is -0.688. The van der Waals surface area contributed by atoms with E-state index in [-0.39, 0.29) is 18.5 Å². The molecule has 0 aliphatic rings. The van der Waals surface area contributed by atoms with Crippen molar-refractivity contribution in [2.45, 2.75) is 18.0 Å². The summed E-state index contributed by atoms with van der Waals surface area (Å²) < 4.78 is 54.5. The molecule has 0 saturated carbocycles. The lowest BCUT2D eigenvalue weighted by Gasteiger charge is -2.08. The van der Waals surface area contributed by atoms with Crippen molar-refractivity contribution in [1.29, 1.82) is 0 Å². The molecular formula is C28H29NO7S. The molecule has 0 aliphatic heterocycles. The van der Waals surface area contributed by atoms with E-state index in [4.69, 9.17) is 14.2 Å². The minimum Gasteiger partial charge on any atom is -0.744 e. The van der Waals surface area contributed by atoms with Crippen LogP contribution in [0.3, 0.4) is 0 Å². The lowest BCUT2D eigenvalue weighted by Crippen LogP contribution is -2.33. The van der Waals surface area contributed by atoms with Crippen molar-refractivity contribution in [3.63, 3.8) is 0 Å². The molecule has 0 unspecified atom stereocenters. The number of ether oxygens (including phenoxy) is 4. The van der Waals surface area contributed by atoms with Crippen molar-refractivity contribution in [2.24, 2.45) is 0 Å². The highest BCUT2D eigenvalue weighted by Crippen LogP contribution is 2.15. The molecule has 0 amide bonds. The second kappa shape index (κ2) is 14.7. The summed E-state index contributed by atoms with van der Waals surface area (Å²) in [6, 6.07) is 29.4. The van der Waals surface area contributed by atoms with Crippen LogP contribution >= 0.6 is 0 Å². The Bertz CT molecular complexity index is 1280. The fraction of sp³-hybridized carbons (Fsp3) is 0.179. The zero-order chi connectivity index (χ0) is 26.3. The first-order valence-corrected chi connectivity index (χ1v) is 12.8. The van der Waals surface area contributed by atoms with Gasteiger partial charge < -0.3 is 23.5 Å². The normalized spacial score (nSPS) is 10.8. The van der Waals surface area contributed by atoms with Gasteiger partial charge in [-0.05, 0) is 42.0 Å². The zero-order valence-corrected chi connectivity index (χ0v) is 21.3. The van der Waals surface area contributed by atoms with E-state index >= 15 is 0 Å². The Labute approximate surface area is 217 Å². The van der Waals surface area contributed by atoms with Crippen molar-refractivity contribution in [3.8, 4) is 11.5 Å². The molecule has 9 heteroatoms. The van der Waals surface area contributed by atoms with Gasteiger partial charge in [-0.1, -0.05) is 48.5 Å². The molecule has 0 bridgehead atoms. The van der Waals surface area contributed by atoms with Gasteiger partial charge in [0.15, 0.2) is 32.5 Å². The third-order valence-corrected chi connectivity index (χ3v) is 5.79. The smallest absolute Gasteiger partial charge is 0.189 e. The van der Waals surface area contributed by atoms with Gasteiger partial charge in [-0.3, -0.25) is 0 Å². The third-order valence-electron chi connectivity index (χ3n) is 4.94. The molecule has 37 heavy (non-hydrogen) atoms. The van der Waals surface area contributed by atoms with Crippen LogP contribution in [-0.2, 0) is 32.7 Å². The number of para-hydroxylation sites is 1. The zero-order valence-electron chi connectivity index (χ0n) is 20.4. The summed E-state index contributed by atoms with van der Waals surface area (Å²) in [5, 5.41) is 0. The van der Waals surface area contributed by atoms with E-state index in [0.29, 0.717) is 12.4 Å². The van der Waals surface area contributed by atoms with Gasteiger partial charge in [0.2, 0.25) is 0 Å². The average Bonchev–Trinajstić information content (AvgIpc) is 2.92. The summed E-state index contributed by atoms with van der Waals surface area (Å²) in [5.41, 5.74) is 2.42. The molecule has 1 aromatic heterocycles. The van der Waals surface area contributed by atoms with Gasteiger partial charge in [-0.2, -0.15) is 0 Å². The minimum absolute atomic E-state index is 0.0729. The number of pyridine rings is 1. The van der Waals surface area contributed by atoms with Gasteiger partial charge in [0.1, 0.15) is 21.6 Å². The van der Waals surface area contributed by atoms with Crippen LogP contribution in [0.15, 0.2) is 114 Å². The molecule has 0 aliphatic carbocycles. The van der Waals surface area contributed by atoms with Crippen LogP contribution < -0.4 is 14.0 Å². The SMILES string of the molecule is COCOc1ccc(S(=O)(=O)[O-])cc1.c1ccc(C[n+]2ccc(COCOc3ccccc3)cc2)cc1. The Balaban J connectivity index is 0.000000233. The summed E-state index contributed by atoms with van der Waals surface area (Å²) in [4.78, 5) is -0.276. The summed E-state index contributed by atoms with van der Waals surface area (Å²) in [5.74, 6) is 1.26. The quantitative estimate of drug-likeness (QED) is 0.126. The van der Waals surface area contributed by atoms with Crippen LogP contribution in [0.5, 0.6) is 11.5 Å². The number of nitrogens with zero attached hydrogens (tertiary/aromatic N) is 1. The third kappa shape index (κ3) is 10.4. The highest BCUT2D eigenvalue weighted by molar-refractivity contribution is 7.85. The maximum atomic E-state index is 10.5. The van der Waals surface area contributed by atoms with E-state index in [0.717, 1.165) is 17.9 Å². The number of rotatable bonds is 11. The molecule has 0 atom stereocenters. The topological polar surface area (TPSA) is 98.0 Å². The van der Waals surface area contributed by atoms with Crippen LogP contribution in [0.4, 0.5) is 0 Å². The van der Waals surface area contributed by atoms with Crippen molar-refractivity contribution >= 4 is 10.1 Å². The van der Waals surface area contributed by atoms with Crippen molar-refractivity contribution < 1.29 is 36.5 Å². The number of benzene rings is 3. The standard InChI is InChI=1S/C20H20NO2.C8H10O5S/c1-3-7-18(8-4-1)15-21-13-11-19(12-14-21)16-22-17-23-20-9-5-2-6-10-20;1-12-6-13-7-2-4-8(5-3-7)14(9,10)11/h1-14H,15-17H2;2-5H,6H2,1H3,(H,9,10,11)/q+1;/p-1. The van der Waals surface area contributed by atoms with Gasteiger partial charge in [0, 0.05) is 24.8 Å². The molecule has 8 nitrogen and oxygen atoms in total. The van der Waals surface area contributed by atoms with Crippen molar-refractivity contribution in [1.82, 2.24) is 0 Å². The van der Waals surface area contributed by atoms with Crippen molar-refractivity contribution in [3.05, 3.63) is 121 Å². The molecule has 1 heterocycles. The Morgan fingerprint density at radius 2 is 1.27 bits per heavy atom. The maximum absolute atomic E-state index is 10.5. The Morgan fingerprint density at radius 3 is 1.86 bits per heavy atom. The van der Waals surface area contributed by atoms with E-state index in [2.05, 4.69) is 58.1 Å². The highest BCUT2D eigenvalue weighted by atomic mass is 32.2. The van der Waals surface area contributed by atoms with Gasteiger partial charge in [0.05, 0.1) is 11.5 Å². The summed E-state index contributed by atoms with van der Waals surface area (Å²) in [7, 11) is -2.91. The number of hydrogen-bond donors (Lipinski definition) is 0. The molecular weight excluding hydrogens is 494 g/mol. The monoisotopic (exact) mass is 523 g/mol. The predicted octanol–water partition coefficient (Wildman–Crippen LogP) is 4.15. The van der Waals surface area contributed by atoms with Gasteiger partial charge in [0.25, 0.3) is 0 Å². The molecule has 0 N–H and O–H groups in total. The van der Waals surface area contributed by atoms with Gasteiger partial charge >= 0.3 is 0 Å². The fourth-order valence-electron chi connectivity index (χ4n) is 3.10. The Morgan fingerprint density at radius 1 is 0.703 bits per heavy atom. The molecule has 0 saturated heterocycles. The van der Waals surface area contributed by atoms with Crippen molar-refractivity contribution in [2.75, 3.05) is 20.7 Å². The first-order chi connectivity index (χ1) is 17.9. The largest absolute Gasteiger partial charge is 0.744 e. The van der Waals surface area contributed by atoms with Gasteiger partial charge in [-0.25, -0.2) is 13.0 Å². The number of methoxy groups -OCH3 is 1. The average molecular weight is 524 g/mol. The van der Waals surface area contributed by atoms with E-state index in [9.17, 15) is 13.0 Å². The molecule has 0 fully saturated rings. The van der Waals surface area contributed by atoms with E-state index < -0.39 is 10.1 Å². The van der Waals surface area contributed by atoms with E-state index in [1.165, 1.54) is 36.9 Å². The summed E-state index contributed by atoms with van der Waals surface area (Å²) in [6.07, 6.45) is 4.15. The summed E-state index contributed by atoms with van der Waals surface area (Å²) in [6.45, 7) is 1.74. The molecule has 4 rings (SSSR count). The van der Waals surface area contributed by atoms with Crippen LogP contribution in [-0.4, -0.2) is 33.7 Å². The lowest BCUT2D eigenvalue weighted by atomic mass is 10.2. The molecule has 194 valence electrons. The summed E-state index contributed by atoms with van der Waals surface area (Å²) >= 11 is 0. The highest BCUT2D eigenvalue weighted by Gasteiger charge is 2.03. The predicted molar refractivity (Wildman–Crippen MR) is 136 cm³/mol. The number of aromatic nitrogens is 1. The van der Waals surface area contributed by atoms with E-state index in [1.807, 2.05) is 36.4 Å². The Hall–Kier alpha value is -3.76. The van der Waals surface area contributed by atoms with Crippen LogP contribution in [0.2, 0.25) is 0 Å². The number of hydrogen-bond acceptors (Lipinski definition) is 7. The second-order valence-corrected chi connectivity index (χ2v) is 9.14. The van der Waals surface area contributed by atoms with Gasteiger partial charge in [-0.15, -0.1) is 0 Å². The minimum atomic E-state index is -4.38. The fourth-order valence-corrected chi connectivity index (χ4v) is 3.57. The first-order valence-electron chi connectivity index (χ1n) is 11.4. The first kappa shape index (κ1) is 27.8. The second-order valence-electron chi connectivity index (χ2n) is 7.76. The molecule has 0 radical (unpaired) electrons. The van der Waals surface area contributed by atoms with Crippen LogP contribution in [0.1, 0.15) is 11.1 Å². The molecule has 0 spiro atoms. The molecule has 4 aromatic rings. The van der Waals surface area contributed by atoms with Crippen LogP contribution in [0.25, 0.3) is 0 Å². The maximum Gasteiger partial charge on any atom is 0.189 e. The molecule has 3 aromatic carbocycles. The van der Waals surface area contributed by atoms with E-state index in [1.54, 1.807) is 0 Å². The Kier molecular flexibility index (Phi) is 11.1. The van der Waals surface area contributed by atoms with Crippen LogP contribution in [0, 0.1) is 0 Å².